The zero-order valence-corrected chi connectivity index (χ0v) is 10.2. The van der Waals surface area contributed by atoms with E-state index in [1.54, 1.807) is 6.07 Å². The van der Waals surface area contributed by atoms with Crippen LogP contribution in [-0.2, 0) is 4.74 Å². The molecule has 2 nitrogen and oxygen atoms in total. The van der Waals surface area contributed by atoms with E-state index in [0.29, 0.717) is 15.9 Å². The second kappa shape index (κ2) is 4.89. The molecule has 82 valence electrons. The lowest BCUT2D eigenvalue weighted by atomic mass is 10.2. The monoisotopic (exact) mass is 266 g/mol. The summed E-state index contributed by atoms with van der Waals surface area (Å²) in [5, 5.41) is 3.22. The van der Waals surface area contributed by atoms with Gasteiger partial charge in [0.1, 0.15) is 12.6 Å². The number of quaternary nitrogens is 1. The van der Waals surface area contributed by atoms with Gasteiger partial charge < -0.3 is 10.1 Å². The highest BCUT2D eigenvalue weighted by Gasteiger charge is 2.29. The zero-order valence-electron chi connectivity index (χ0n) is 7.92. The summed E-state index contributed by atoms with van der Waals surface area (Å²) in [5.74, 6) is 0.522. The molecule has 0 saturated carbocycles. The molecule has 1 fully saturated rings. The number of rotatable bonds is 2. The average Bonchev–Trinajstić information content (AvgIpc) is 2.70. The lowest BCUT2D eigenvalue weighted by Crippen LogP contribution is -2.82. The number of nitrogens with two attached hydrogens (primary N) is 1. The fraction of sp³-hybridized carbons (Fsp3) is 0.400. The van der Waals surface area contributed by atoms with Crippen molar-refractivity contribution in [3.05, 3.63) is 33.8 Å². The maximum atomic E-state index is 5.94. The molecule has 0 amide bonds. The molecule has 1 heterocycles. The minimum absolute atomic E-state index is 0.0106. The van der Waals surface area contributed by atoms with Gasteiger partial charge in [-0.1, -0.05) is 23.2 Å². The third kappa shape index (κ3) is 2.58. The van der Waals surface area contributed by atoms with Crippen molar-refractivity contribution in [3.8, 4) is 0 Å². The van der Waals surface area contributed by atoms with Crippen LogP contribution in [0.2, 0.25) is 10.0 Å². The summed E-state index contributed by atoms with van der Waals surface area (Å²) in [6.07, 6.45) is 0.106. The molecule has 0 unspecified atom stereocenters. The molecule has 2 N–H and O–H groups in total. The van der Waals surface area contributed by atoms with E-state index >= 15 is 0 Å². The molecule has 0 spiro atoms. The minimum atomic E-state index is -0.0106. The van der Waals surface area contributed by atoms with Crippen molar-refractivity contribution < 1.29 is 10.1 Å². The molecule has 2 rings (SSSR count). The van der Waals surface area contributed by atoms with Gasteiger partial charge in [0.2, 0.25) is 6.23 Å². The molecule has 0 aromatic heterocycles. The first-order valence-electron chi connectivity index (χ1n) is 4.70. The Morgan fingerprint density at radius 3 is 2.73 bits per heavy atom. The predicted octanol–water partition coefficient (Wildman–Crippen LogP) is 2.19. The van der Waals surface area contributed by atoms with E-state index in [1.807, 2.05) is 12.1 Å². The zero-order chi connectivity index (χ0) is 10.8. The molecular weight excluding hydrogens is 256 g/mol. The van der Waals surface area contributed by atoms with E-state index in [9.17, 15) is 0 Å². The van der Waals surface area contributed by atoms with E-state index in [-0.39, 0.29) is 12.3 Å². The first-order chi connectivity index (χ1) is 7.20. The molecule has 15 heavy (non-hydrogen) atoms. The average molecular weight is 268 g/mol. The summed E-state index contributed by atoms with van der Waals surface area (Å²) in [7, 11) is 0. The predicted molar refractivity (Wildman–Crippen MR) is 61.6 cm³/mol. The maximum absolute atomic E-state index is 5.94. The molecule has 1 aromatic carbocycles. The Kier molecular flexibility index (Phi) is 3.75. The molecule has 2 atom stereocenters. The van der Waals surface area contributed by atoms with Crippen molar-refractivity contribution in [1.82, 2.24) is 0 Å². The second-order valence-corrected chi connectivity index (χ2v) is 4.60. The SMILES string of the molecule is ClC[C@H]1C[NH2+][C@@H](c2ccc(Cl)c(Cl)c2)O1. The first-order valence-corrected chi connectivity index (χ1v) is 5.99. The molecule has 0 bridgehead atoms. The van der Waals surface area contributed by atoms with Gasteiger partial charge >= 0.3 is 0 Å². The number of ether oxygens (including phenoxy) is 1. The van der Waals surface area contributed by atoms with Crippen LogP contribution >= 0.6 is 34.8 Å². The van der Waals surface area contributed by atoms with E-state index in [0.717, 1.165) is 12.1 Å². The number of hydrogen-bond donors (Lipinski definition) is 1. The number of benzene rings is 1. The van der Waals surface area contributed by atoms with Gasteiger partial charge in [-0.25, -0.2) is 0 Å². The highest BCUT2D eigenvalue weighted by Crippen LogP contribution is 2.26. The Balaban J connectivity index is 2.13. The summed E-state index contributed by atoms with van der Waals surface area (Å²) in [6.45, 7) is 0.883. The lowest BCUT2D eigenvalue weighted by Gasteiger charge is -2.08. The van der Waals surface area contributed by atoms with E-state index in [2.05, 4.69) is 5.32 Å². The highest BCUT2D eigenvalue weighted by molar-refractivity contribution is 6.42. The van der Waals surface area contributed by atoms with Crippen LogP contribution in [0.25, 0.3) is 0 Å². The van der Waals surface area contributed by atoms with Crippen molar-refractivity contribution in [3.63, 3.8) is 0 Å². The lowest BCUT2D eigenvalue weighted by molar-refractivity contribution is -0.697. The van der Waals surface area contributed by atoms with Crippen LogP contribution < -0.4 is 5.32 Å². The fourth-order valence-electron chi connectivity index (χ4n) is 1.60. The second-order valence-electron chi connectivity index (χ2n) is 3.48. The Morgan fingerprint density at radius 2 is 2.13 bits per heavy atom. The molecule has 0 aliphatic carbocycles. The molecule has 5 heteroatoms. The molecule has 1 aromatic rings. The fourth-order valence-corrected chi connectivity index (χ4v) is 2.10. The van der Waals surface area contributed by atoms with Crippen molar-refractivity contribution in [2.45, 2.75) is 12.3 Å². The van der Waals surface area contributed by atoms with Crippen LogP contribution in [0.5, 0.6) is 0 Å². The van der Waals surface area contributed by atoms with E-state index in [1.165, 1.54) is 0 Å². The minimum Gasteiger partial charge on any atom is -0.315 e. The van der Waals surface area contributed by atoms with Crippen LogP contribution in [0, 0.1) is 0 Å². The molecule has 1 aliphatic rings. The van der Waals surface area contributed by atoms with Gasteiger partial charge in [0, 0.05) is 5.56 Å². The Bertz CT molecular complexity index is 359. The van der Waals surface area contributed by atoms with Gasteiger partial charge in [-0.05, 0) is 18.2 Å². The van der Waals surface area contributed by atoms with Crippen molar-refractivity contribution in [2.75, 3.05) is 12.4 Å². The quantitative estimate of drug-likeness (QED) is 0.817. The van der Waals surface area contributed by atoms with Crippen LogP contribution in [0.1, 0.15) is 11.8 Å². The van der Waals surface area contributed by atoms with Crippen LogP contribution in [0.15, 0.2) is 18.2 Å². The van der Waals surface area contributed by atoms with Gasteiger partial charge in [0.15, 0.2) is 0 Å². The molecular formula is C10H11Cl3NO+. The van der Waals surface area contributed by atoms with Crippen LogP contribution in [-0.4, -0.2) is 18.5 Å². The van der Waals surface area contributed by atoms with Crippen LogP contribution in [0.3, 0.4) is 0 Å². The summed E-state index contributed by atoms with van der Waals surface area (Å²) < 4.78 is 5.70. The highest BCUT2D eigenvalue weighted by atomic mass is 35.5. The van der Waals surface area contributed by atoms with E-state index in [4.69, 9.17) is 39.5 Å². The first kappa shape index (κ1) is 11.5. The van der Waals surface area contributed by atoms with Gasteiger partial charge in [0.05, 0.1) is 15.9 Å². The third-order valence-electron chi connectivity index (χ3n) is 2.40. The largest absolute Gasteiger partial charge is 0.315 e. The van der Waals surface area contributed by atoms with Crippen molar-refractivity contribution >= 4 is 34.8 Å². The molecule has 1 saturated heterocycles. The Labute approximate surface area is 103 Å². The molecule has 0 radical (unpaired) electrons. The number of alkyl halides is 1. The topological polar surface area (TPSA) is 25.8 Å². The normalized spacial score (nSPS) is 25.8. The summed E-state index contributed by atoms with van der Waals surface area (Å²) >= 11 is 17.5. The summed E-state index contributed by atoms with van der Waals surface area (Å²) in [5.41, 5.74) is 1.03. The van der Waals surface area contributed by atoms with Gasteiger partial charge in [-0.3, -0.25) is 0 Å². The Hall–Kier alpha value is 0.01000. The standard InChI is InChI=1S/C10H10Cl3NO/c11-4-7-5-14-10(15-7)6-1-2-8(12)9(13)3-6/h1-3,7,10,14H,4-5H2/p+1/t7-,10+/m0/s1. The molecule has 1 aliphatic heterocycles. The van der Waals surface area contributed by atoms with Gasteiger partial charge in [-0.2, -0.15) is 0 Å². The van der Waals surface area contributed by atoms with Gasteiger partial charge in [0.25, 0.3) is 0 Å². The summed E-state index contributed by atoms with van der Waals surface area (Å²) in [6, 6.07) is 5.54. The maximum Gasteiger partial charge on any atom is 0.217 e. The number of hydrogen-bond acceptors (Lipinski definition) is 1. The number of halogens is 3. The van der Waals surface area contributed by atoms with Crippen molar-refractivity contribution in [2.24, 2.45) is 0 Å². The van der Waals surface area contributed by atoms with Crippen LogP contribution in [0.4, 0.5) is 0 Å². The third-order valence-corrected chi connectivity index (χ3v) is 3.48. The smallest absolute Gasteiger partial charge is 0.217 e. The van der Waals surface area contributed by atoms with Gasteiger partial charge in [-0.15, -0.1) is 11.6 Å². The summed E-state index contributed by atoms with van der Waals surface area (Å²) in [4.78, 5) is 0. The van der Waals surface area contributed by atoms with Crippen molar-refractivity contribution in [1.29, 1.82) is 0 Å². The van der Waals surface area contributed by atoms with E-state index < -0.39 is 0 Å². The Morgan fingerprint density at radius 1 is 1.33 bits per heavy atom.